The van der Waals surface area contributed by atoms with E-state index in [4.69, 9.17) is 0 Å². The number of carbonyl (C=O) groups is 2. The molecule has 2 heterocycles. The van der Waals surface area contributed by atoms with Crippen LogP contribution in [0.1, 0.15) is 6.92 Å². The topological polar surface area (TPSA) is 84.0 Å². The van der Waals surface area contributed by atoms with Crippen molar-refractivity contribution in [3.05, 3.63) is 73.1 Å². The van der Waals surface area contributed by atoms with Gasteiger partial charge in [0.25, 0.3) is 0 Å². The summed E-state index contributed by atoms with van der Waals surface area (Å²) in [6, 6.07) is 18.9. The number of amides is 2. The van der Waals surface area contributed by atoms with Crippen LogP contribution in [-0.2, 0) is 9.59 Å². The third-order valence-corrected chi connectivity index (χ3v) is 4.50. The Morgan fingerprint density at radius 3 is 1.64 bits per heavy atom. The standard InChI is InChI=1S/C22H18N4O2/c1-14(21(27)25-17-10-15-6-2-4-8-19(15)23-12-17)22(28)26-18-11-16-7-3-5-9-20(16)24-13-18/h2-14H,1H3,(H,25,27)(H,26,28). The van der Waals surface area contributed by atoms with Crippen LogP contribution in [0.2, 0.25) is 0 Å². The minimum atomic E-state index is -0.877. The van der Waals surface area contributed by atoms with Crippen LogP contribution in [0.15, 0.2) is 73.1 Å². The predicted octanol–water partition coefficient (Wildman–Crippen LogP) is 4.00. The van der Waals surface area contributed by atoms with Gasteiger partial charge in [0.15, 0.2) is 0 Å². The van der Waals surface area contributed by atoms with Crippen molar-refractivity contribution < 1.29 is 9.59 Å². The number of nitrogens with zero attached hydrogens (tertiary/aromatic N) is 2. The molecule has 2 aromatic heterocycles. The number of anilines is 2. The van der Waals surface area contributed by atoms with Crippen molar-refractivity contribution in [1.82, 2.24) is 9.97 Å². The molecule has 0 fully saturated rings. The normalized spacial score (nSPS) is 10.9. The summed E-state index contributed by atoms with van der Waals surface area (Å²) >= 11 is 0. The minimum absolute atomic E-state index is 0.400. The molecule has 0 radical (unpaired) electrons. The van der Waals surface area contributed by atoms with E-state index in [9.17, 15) is 9.59 Å². The van der Waals surface area contributed by atoms with E-state index in [1.54, 1.807) is 19.3 Å². The Morgan fingerprint density at radius 2 is 1.18 bits per heavy atom. The average molecular weight is 370 g/mol. The summed E-state index contributed by atoms with van der Waals surface area (Å²) in [5.74, 6) is -1.68. The van der Waals surface area contributed by atoms with Crippen LogP contribution < -0.4 is 10.6 Å². The van der Waals surface area contributed by atoms with Crippen LogP contribution >= 0.6 is 0 Å². The SMILES string of the molecule is CC(C(=O)Nc1cnc2ccccc2c1)C(=O)Nc1cnc2ccccc2c1. The van der Waals surface area contributed by atoms with E-state index in [1.165, 1.54) is 0 Å². The molecule has 0 spiro atoms. The van der Waals surface area contributed by atoms with Crippen LogP contribution in [0.5, 0.6) is 0 Å². The summed E-state index contributed by atoms with van der Waals surface area (Å²) in [5.41, 5.74) is 2.79. The largest absolute Gasteiger partial charge is 0.324 e. The quantitative estimate of drug-likeness (QED) is 0.532. The predicted molar refractivity (Wildman–Crippen MR) is 110 cm³/mol. The number of hydrogen-bond acceptors (Lipinski definition) is 4. The van der Waals surface area contributed by atoms with Crippen molar-refractivity contribution in [3.63, 3.8) is 0 Å². The molecule has 4 aromatic rings. The van der Waals surface area contributed by atoms with Gasteiger partial charge < -0.3 is 10.6 Å². The highest BCUT2D eigenvalue weighted by Gasteiger charge is 2.22. The van der Waals surface area contributed by atoms with Gasteiger partial charge in [-0.25, -0.2) is 0 Å². The Labute approximate surface area is 161 Å². The second-order valence-electron chi connectivity index (χ2n) is 6.53. The molecule has 0 aliphatic rings. The molecule has 0 bridgehead atoms. The Bertz CT molecular complexity index is 1100. The molecule has 2 amide bonds. The molecule has 6 nitrogen and oxygen atoms in total. The fourth-order valence-corrected chi connectivity index (χ4v) is 2.90. The summed E-state index contributed by atoms with van der Waals surface area (Å²) in [4.78, 5) is 33.6. The first kappa shape index (κ1) is 17.6. The number of nitrogens with one attached hydrogen (secondary N) is 2. The molecule has 138 valence electrons. The van der Waals surface area contributed by atoms with Crippen LogP contribution in [0.4, 0.5) is 11.4 Å². The van der Waals surface area contributed by atoms with Crippen molar-refractivity contribution in [2.24, 2.45) is 5.92 Å². The fraction of sp³-hybridized carbons (Fsp3) is 0.0909. The highest BCUT2D eigenvalue weighted by atomic mass is 16.2. The first-order chi connectivity index (χ1) is 13.6. The summed E-state index contributed by atoms with van der Waals surface area (Å²) in [6.07, 6.45) is 3.16. The number of benzene rings is 2. The average Bonchev–Trinajstić information content (AvgIpc) is 2.73. The lowest BCUT2D eigenvalue weighted by Crippen LogP contribution is -2.31. The number of carbonyl (C=O) groups excluding carboxylic acids is 2. The molecule has 28 heavy (non-hydrogen) atoms. The molecule has 0 aliphatic carbocycles. The molecular formula is C22H18N4O2. The van der Waals surface area contributed by atoms with E-state index < -0.39 is 17.7 Å². The van der Waals surface area contributed by atoms with Gasteiger partial charge in [-0.15, -0.1) is 0 Å². The van der Waals surface area contributed by atoms with Gasteiger partial charge in [-0.2, -0.15) is 0 Å². The summed E-state index contributed by atoms with van der Waals surface area (Å²) in [7, 11) is 0. The maximum Gasteiger partial charge on any atom is 0.236 e. The number of rotatable bonds is 4. The van der Waals surface area contributed by atoms with Gasteiger partial charge >= 0.3 is 0 Å². The Kier molecular flexibility index (Phi) is 4.68. The minimum Gasteiger partial charge on any atom is -0.324 e. The van der Waals surface area contributed by atoms with Crippen molar-refractivity contribution in [3.8, 4) is 0 Å². The van der Waals surface area contributed by atoms with Crippen molar-refractivity contribution >= 4 is 45.0 Å². The number of hydrogen-bond donors (Lipinski definition) is 2. The van der Waals surface area contributed by atoms with Gasteiger partial charge in [0.1, 0.15) is 5.92 Å². The van der Waals surface area contributed by atoms with E-state index in [0.29, 0.717) is 11.4 Å². The first-order valence-corrected chi connectivity index (χ1v) is 8.91. The third kappa shape index (κ3) is 3.66. The number of pyridine rings is 2. The van der Waals surface area contributed by atoms with Gasteiger partial charge in [0, 0.05) is 10.8 Å². The molecule has 0 atom stereocenters. The summed E-state index contributed by atoms with van der Waals surface area (Å²) in [5, 5.41) is 7.34. The lowest BCUT2D eigenvalue weighted by atomic mass is 10.1. The zero-order valence-corrected chi connectivity index (χ0v) is 15.2. The van der Waals surface area contributed by atoms with Crippen LogP contribution in [0, 0.1) is 5.92 Å². The van der Waals surface area contributed by atoms with Gasteiger partial charge in [0.2, 0.25) is 11.8 Å². The number of aromatic nitrogens is 2. The molecule has 0 aliphatic heterocycles. The zero-order valence-electron chi connectivity index (χ0n) is 15.2. The maximum absolute atomic E-state index is 12.5. The maximum atomic E-state index is 12.5. The smallest absolute Gasteiger partial charge is 0.236 e. The fourth-order valence-electron chi connectivity index (χ4n) is 2.90. The van der Waals surface area contributed by atoms with E-state index in [-0.39, 0.29) is 0 Å². The molecule has 2 aromatic carbocycles. The van der Waals surface area contributed by atoms with E-state index in [2.05, 4.69) is 20.6 Å². The van der Waals surface area contributed by atoms with Crippen LogP contribution in [0.25, 0.3) is 21.8 Å². The molecule has 0 unspecified atom stereocenters. The van der Waals surface area contributed by atoms with E-state index in [1.807, 2.05) is 60.7 Å². The van der Waals surface area contributed by atoms with Crippen molar-refractivity contribution in [2.45, 2.75) is 6.92 Å². The van der Waals surface area contributed by atoms with Gasteiger partial charge in [-0.05, 0) is 31.2 Å². The molecule has 2 N–H and O–H groups in total. The number of para-hydroxylation sites is 2. The molecule has 0 saturated carbocycles. The number of fused-ring (bicyclic) bond motifs is 2. The van der Waals surface area contributed by atoms with Gasteiger partial charge in [0.05, 0.1) is 34.8 Å². The van der Waals surface area contributed by atoms with E-state index in [0.717, 1.165) is 21.8 Å². The Balaban J connectivity index is 1.45. The second kappa shape index (κ2) is 7.44. The summed E-state index contributed by atoms with van der Waals surface area (Å²) in [6.45, 7) is 1.56. The van der Waals surface area contributed by atoms with Crippen LogP contribution in [-0.4, -0.2) is 21.8 Å². The first-order valence-electron chi connectivity index (χ1n) is 8.91. The Hall–Kier alpha value is -3.80. The lowest BCUT2D eigenvalue weighted by Gasteiger charge is -2.13. The van der Waals surface area contributed by atoms with Crippen molar-refractivity contribution in [2.75, 3.05) is 10.6 Å². The van der Waals surface area contributed by atoms with Gasteiger partial charge in [-0.3, -0.25) is 19.6 Å². The lowest BCUT2D eigenvalue weighted by molar-refractivity contribution is -0.128. The van der Waals surface area contributed by atoms with E-state index >= 15 is 0 Å². The Morgan fingerprint density at radius 1 is 0.750 bits per heavy atom. The van der Waals surface area contributed by atoms with Crippen molar-refractivity contribution in [1.29, 1.82) is 0 Å². The summed E-state index contributed by atoms with van der Waals surface area (Å²) < 4.78 is 0. The highest BCUT2D eigenvalue weighted by molar-refractivity contribution is 6.11. The zero-order chi connectivity index (χ0) is 19.5. The molecule has 6 heteroatoms. The highest BCUT2D eigenvalue weighted by Crippen LogP contribution is 2.18. The monoisotopic (exact) mass is 370 g/mol. The van der Waals surface area contributed by atoms with Crippen LogP contribution in [0.3, 0.4) is 0 Å². The van der Waals surface area contributed by atoms with Gasteiger partial charge in [-0.1, -0.05) is 36.4 Å². The molecular weight excluding hydrogens is 352 g/mol. The molecule has 0 saturated heterocycles. The second-order valence-corrected chi connectivity index (χ2v) is 6.53. The third-order valence-electron chi connectivity index (χ3n) is 4.50. The molecule has 4 rings (SSSR count).